The molecule has 1 saturated heterocycles. The predicted octanol–water partition coefficient (Wildman–Crippen LogP) is 4.76. The van der Waals surface area contributed by atoms with Gasteiger partial charge in [-0.25, -0.2) is 12.1 Å². The van der Waals surface area contributed by atoms with Crippen LogP contribution in [0.4, 0.5) is 0 Å². The summed E-state index contributed by atoms with van der Waals surface area (Å²) in [5.41, 5.74) is 3.84. The van der Waals surface area contributed by atoms with Crippen molar-refractivity contribution in [1.29, 1.82) is 0 Å². The van der Waals surface area contributed by atoms with Gasteiger partial charge in [-0.1, -0.05) is 30.3 Å². The van der Waals surface area contributed by atoms with E-state index in [-0.39, 0.29) is 36.4 Å². The van der Waals surface area contributed by atoms with E-state index in [9.17, 15) is 0 Å². The van der Waals surface area contributed by atoms with Crippen LogP contribution in [0.1, 0.15) is 23.7 Å². The van der Waals surface area contributed by atoms with Gasteiger partial charge in [0.1, 0.15) is 0 Å². The van der Waals surface area contributed by atoms with E-state index in [1.165, 1.54) is 21.9 Å². The van der Waals surface area contributed by atoms with Crippen LogP contribution < -0.4 is 5.46 Å². The van der Waals surface area contributed by atoms with Crippen LogP contribution in [0, 0.1) is 0 Å². The molecule has 0 amide bonds. The molecule has 2 atom stereocenters. The van der Waals surface area contributed by atoms with Crippen molar-refractivity contribution in [1.82, 2.24) is 0 Å². The molecule has 0 spiro atoms. The normalized spacial score (nSPS) is 19.9. The van der Waals surface area contributed by atoms with Gasteiger partial charge in [-0.05, 0) is 40.8 Å². The smallest absolute Gasteiger partial charge is 0.418 e. The van der Waals surface area contributed by atoms with Gasteiger partial charge in [0.25, 0.3) is 0 Å². The third-order valence-electron chi connectivity index (χ3n) is 5.43. The maximum Gasteiger partial charge on any atom is 0.418 e. The first kappa shape index (κ1) is 19.2. The molecular formula is C24H21BFeO2-6. The molecule has 4 aromatic carbocycles. The van der Waals surface area contributed by atoms with E-state index in [1.807, 2.05) is 42.5 Å². The fourth-order valence-corrected chi connectivity index (χ4v) is 4.08. The maximum atomic E-state index is 6.26. The summed E-state index contributed by atoms with van der Waals surface area (Å²) >= 11 is 0. The Hall–Kier alpha value is -2.10. The zero-order valence-electron chi connectivity index (χ0n) is 15.5. The molecule has 4 heteroatoms. The van der Waals surface area contributed by atoms with Gasteiger partial charge >= 0.3 is 7.12 Å². The SMILES string of the molecule is [Fe].[cH-]1[cH-][cH-][cH-][cH-]1.c1ccc2cc3c(cc2c1)CC[C@@H]1OB([c-]2cccc2)O[C@H]31. The van der Waals surface area contributed by atoms with Gasteiger partial charge in [0.15, 0.2) is 0 Å². The van der Waals surface area contributed by atoms with Crippen molar-refractivity contribution in [2.24, 2.45) is 0 Å². The molecule has 0 aromatic heterocycles. The summed E-state index contributed by atoms with van der Waals surface area (Å²) in [7, 11) is -0.220. The molecule has 0 saturated carbocycles. The van der Waals surface area contributed by atoms with E-state index in [4.69, 9.17) is 9.31 Å². The second-order valence-corrected chi connectivity index (χ2v) is 7.18. The summed E-state index contributed by atoms with van der Waals surface area (Å²) in [4.78, 5) is 0. The second kappa shape index (κ2) is 8.51. The van der Waals surface area contributed by atoms with E-state index in [1.54, 1.807) is 0 Å². The van der Waals surface area contributed by atoms with E-state index < -0.39 is 0 Å². The van der Waals surface area contributed by atoms with Gasteiger partial charge in [-0.15, -0.1) is 5.46 Å². The summed E-state index contributed by atoms with van der Waals surface area (Å²) in [5, 5.41) is 2.59. The molecule has 6 rings (SSSR count). The topological polar surface area (TPSA) is 18.5 Å². The minimum atomic E-state index is -0.220. The van der Waals surface area contributed by atoms with Gasteiger partial charge in [-0.2, -0.15) is 12.1 Å². The van der Waals surface area contributed by atoms with Crippen molar-refractivity contribution < 1.29 is 26.4 Å². The van der Waals surface area contributed by atoms with Crippen molar-refractivity contribution >= 4 is 23.4 Å². The van der Waals surface area contributed by atoms with Gasteiger partial charge in [0.2, 0.25) is 0 Å². The Bertz CT molecular complexity index is 993. The van der Waals surface area contributed by atoms with Gasteiger partial charge in [-0.3, -0.25) is 0 Å². The molecule has 1 fully saturated rings. The third kappa shape index (κ3) is 3.74. The van der Waals surface area contributed by atoms with Crippen molar-refractivity contribution in [2.75, 3.05) is 0 Å². The molecule has 4 aromatic rings. The largest absolute Gasteiger partial charge is 0.748 e. The Balaban J connectivity index is 0.000000282. The van der Waals surface area contributed by atoms with Crippen LogP contribution >= 0.6 is 0 Å². The van der Waals surface area contributed by atoms with Crippen LogP contribution in [0.25, 0.3) is 10.8 Å². The molecule has 0 unspecified atom stereocenters. The number of hydrogen-bond donors (Lipinski definition) is 0. The molecular weight excluding hydrogens is 387 g/mol. The van der Waals surface area contributed by atoms with Crippen LogP contribution in [0.3, 0.4) is 0 Å². The Morgan fingerprint density at radius 3 is 2.18 bits per heavy atom. The zero-order chi connectivity index (χ0) is 18.1. The van der Waals surface area contributed by atoms with Crippen LogP contribution in [0.15, 0.2) is 91.0 Å². The Labute approximate surface area is 176 Å². The van der Waals surface area contributed by atoms with Crippen molar-refractivity contribution in [3.63, 3.8) is 0 Å². The molecule has 0 N–H and O–H groups in total. The fourth-order valence-electron chi connectivity index (χ4n) is 4.08. The second-order valence-electron chi connectivity index (χ2n) is 7.18. The average Bonchev–Trinajstić information content (AvgIpc) is 3.49. The molecule has 0 radical (unpaired) electrons. The number of aryl methyl sites for hydroxylation is 1. The molecule has 1 heterocycles. The minimum absolute atomic E-state index is 0. The standard InChI is InChI=1S/C19H16BO2.C5H5.Fe/c1-2-6-14-12-17-15(11-13(14)5-1)9-10-18-19(17)22-20(21-18)16-7-3-4-8-16;1-2-4-5-3-1;/h1-8,11-12,18-19H,9-10H2;1-5H;/q-1;-5;/t18-,19+;;/m0../s1. The molecule has 1 aliphatic carbocycles. The first-order valence-electron chi connectivity index (χ1n) is 9.59. The Morgan fingerprint density at radius 2 is 1.50 bits per heavy atom. The van der Waals surface area contributed by atoms with E-state index >= 15 is 0 Å². The monoisotopic (exact) mass is 408 g/mol. The third-order valence-corrected chi connectivity index (χ3v) is 5.43. The van der Waals surface area contributed by atoms with Crippen molar-refractivity contribution in [3.05, 3.63) is 102 Å². The first-order valence-corrected chi connectivity index (χ1v) is 9.59. The van der Waals surface area contributed by atoms with Crippen LogP contribution in [-0.4, -0.2) is 13.2 Å². The van der Waals surface area contributed by atoms with Crippen molar-refractivity contribution in [3.8, 4) is 0 Å². The summed E-state index contributed by atoms with van der Waals surface area (Å²) in [5.74, 6) is 0. The maximum absolute atomic E-state index is 6.26. The van der Waals surface area contributed by atoms with E-state index in [0.717, 1.165) is 18.3 Å². The minimum Gasteiger partial charge on any atom is -0.748 e. The Kier molecular flexibility index (Phi) is 5.84. The fraction of sp³-hybridized carbons (Fsp3) is 0.167. The zero-order valence-corrected chi connectivity index (χ0v) is 16.6. The molecule has 28 heavy (non-hydrogen) atoms. The van der Waals surface area contributed by atoms with E-state index in [2.05, 4.69) is 48.5 Å². The van der Waals surface area contributed by atoms with E-state index in [0.29, 0.717) is 0 Å². The molecule has 146 valence electrons. The van der Waals surface area contributed by atoms with Gasteiger partial charge in [0, 0.05) is 17.1 Å². The van der Waals surface area contributed by atoms with Crippen LogP contribution in [0.2, 0.25) is 0 Å². The molecule has 2 nitrogen and oxygen atoms in total. The van der Waals surface area contributed by atoms with Crippen molar-refractivity contribution in [2.45, 2.75) is 25.0 Å². The van der Waals surface area contributed by atoms with Crippen LogP contribution in [-0.2, 0) is 32.8 Å². The molecule has 1 aliphatic heterocycles. The summed E-state index contributed by atoms with van der Waals surface area (Å²) in [6, 6.07) is 31.4. The number of rotatable bonds is 1. The average molecular weight is 408 g/mol. The summed E-state index contributed by atoms with van der Waals surface area (Å²) in [6.45, 7) is 0. The quantitative estimate of drug-likeness (QED) is 0.334. The number of fused-ring (bicyclic) bond motifs is 4. The number of benzene rings is 2. The number of hydrogen-bond acceptors (Lipinski definition) is 2. The predicted molar refractivity (Wildman–Crippen MR) is 110 cm³/mol. The van der Waals surface area contributed by atoms with Gasteiger partial charge < -0.3 is 39.6 Å². The summed E-state index contributed by atoms with van der Waals surface area (Å²) < 4.78 is 12.4. The first-order chi connectivity index (χ1) is 13.4. The molecule has 0 bridgehead atoms. The van der Waals surface area contributed by atoms with Crippen LogP contribution in [0.5, 0.6) is 0 Å². The summed E-state index contributed by atoms with van der Waals surface area (Å²) in [6.07, 6.45) is 2.34. The Morgan fingerprint density at radius 1 is 0.857 bits per heavy atom. The molecule has 2 aliphatic rings. The van der Waals surface area contributed by atoms with Gasteiger partial charge in [0.05, 0.1) is 12.2 Å².